The predicted octanol–water partition coefficient (Wildman–Crippen LogP) is 3.28. The summed E-state index contributed by atoms with van der Waals surface area (Å²) < 4.78 is 5.32. The maximum absolute atomic E-state index is 6.45. The van der Waals surface area contributed by atoms with Gasteiger partial charge in [0.1, 0.15) is 23.7 Å². The lowest BCUT2D eigenvalue weighted by molar-refractivity contribution is 0.208. The van der Waals surface area contributed by atoms with Crippen LogP contribution in [0.1, 0.15) is 18.4 Å². The first-order valence-corrected chi connectivity index (χ1v) is 9.24. The van der Waals surface area contributed by atoms with E-state index in [0.29, 0.717) is 11.1 Å². The number of benzene rings is 1. The Hall–Kier alpha value is -2.05. The molecule has 140 valence electrons. The average molecular weight is 376 g/mol. The van der Waals surface area contributed by atoms with E-state index in [0.717, 1.165) is 55.4 Å². The zero-order chi connectivity index (χ0) is 18.5. The van der Waals surface area contributed by atoms with Crippen molar-refractivity contribution in [2.45, 2.75) is 25.4 Å². The van der Waals surface area contributed by atoms with E-state index >= 15 is 0 Å². The van der Waals surface area contributed by atoms with Gasteiger partial charge < -0.3 is 15.0 Å². The lowest BCUT2D eigenvalue weighted by Crippen LogP contribution is -2.41. The maximum Gasteiger partial charge on any atom is 0.137 e. The molecular weight excluding hydrogens is 350 g/mol. The number of nitrogens with zero attached hydrogens (tertiary/aromatic N) is 4. The van der Waals surface area contributed by atoms with Gasteiger partial charge >= 0.3 is 0 Å². The molecule has 2 aromatic rings. The van der Waals surface area contributed by atoms with Crippen LogP contribution in [-0.4, -0.2) is 55.2 Å². The van der Waals surface area contributed by atoms with Crippen molar-refractivity contribution in [3.63, 3.8) is 0 Å². The predicted molar refractivity (Wildman–Crippen MR) is 106 cm³/mol. The summed E-state index contributed by atoms with van der Waals surface area (Å²) in [7, 11) is 5.61. The van der Waals surface area contributed by atoms with Gasteiger partial charge in [-0.2, -0.15) is 0 Å². The molecule has 0 radical (unpaired) electrons. The Morgan fingerprint density at radius 3 is 2.96 bits per heavy atom. The van der Waals surface area contributed by atoms with Gasteiger partial charge in [0.15, 0.2) is 0 Å². The van der Waals surface area contributed by atoms with E-state index in [1.807, 2.05) is 37.2 Å². The minimum Gasteiger partial charge on any atom is -0.495 e. The number of piperidine rings is 1. The average Bonchev–Trinajstić information content (AvgIpc) is 2.64. The first-order valence-electron chi connectivity index (χ1n) is 8.86. The maximum atomic E-state index is 6.45. The summed E-state index contributed by atoms with van der Waals surface area (Å²) in [6.45, 7) is 2.84. The minimum atomic E-state index is 0.359. The zero-order valence-electron chi connectivity index (χ0n) is 15.6. The Balaban J connectivity index is 1.64. The molecule has 0 spiro atoms. The van der Waals surface area contributed by atoms with Crippen LogP contribution < -0.4 is 15.0 Å². The van der Waals surface area contributed by atoms with Crippen molar-refractivity contribution < 1.29 is 4.74 Å². The molecule has 0 aliphatic carbocycles. The Morgan fingerprint density at radius 2 is 2.19 bits per heavy atom. The standard InChI is InChI=1S/C19H26ClN5O/c1-24(2)18-10-17(21-13-22-18)23-15-7-5-9-25(12-15)11-14-6-4-8-16(26-3)19(14)20/h4,6,8,10,13,15H,5,7,9,11-12H2,1-3H3,(H,21,22,23). The Labute approximate surface area is 160 Å². The normalized spacial score (nSPS) is 17.8. The topological polar surface area (TPSA) is 53.5 Å². The number of aromatic nitrogens is 2. The summed E-state index contributed by atoms with van der Waals surface area (Å²) in [6.07, 6.45) is 3.88. The number of hydrogen-bond donors (Lipinski definition) is 1. The summed E-state index contributed by atoms with van der Waals surface area (Å²) in [5.41, 5.74) is 1.10. The first kappa shape index (κ1) is 18.7. The molecule has 0 saturated carbocycles. The van der Waals surface area contributed by atoms with Crippen LogP contribution in [0.25, 0.3) is 0 Å². The molecule has 1 atom stereocenters. The fourth-order valence-corrected chi connectivity index (χ4v) is 3.54. The molecule has 1 aromatic heterocycles. The van der Waals surface area contributed by atoms with Gasteiger partial charge in [-0.15, -0.1) is 0 Å². The lowest BCUT2D eigenvalue weighted by Gasteiger charge is -2.33. The van der Waals surface area contributed by atoms with Gasteiger partial charge in [0.25, 0.3) is 0 Å². The number of hydrogen-bond acceptors (Lipinski definition) is 6. The van der Waals surface area contributed by atoms with Gasteiger partial charge in [0.2, 0.25) is 0 Å². The number of nitrogens with one attached hydrogen (secondary N) is 1. The zero-order valence-corrected chi connectivity index (χ0v) is 16.3. The highest BCUT2D eigenvalue weighted by molar-refractivity contribution is 6.32. The molecule has 0 bridgehead atoms. The molecule has 1 aliphatic rings. The summed E-state index contributed by atoms with van der Waals surface area (Å²) >= 11 is 6.45. The molecule has 0 amide bonds. The van der Waals surface area contributed by atoms with E-state index in [2.05, 4.69) is 26.3 Å². The van der Waals surface area contributed by atoms with Crippen LogP contribution in [0.2, 0.25) is 5.02 Å². The Kier molecular flexibility index (Phi) is 6.16. The van der Waals surface area contributed by atoms with E-state index in [-0.39, 0.29) is 0 Å². The van der Waals surface area contributed by atoms with Gasteiger partial charge in [-0.1, -0.05) is 23.7 Å². The lowest BCUT2D eigenvalue weighted by atomic mass is 10.0. The number of anilines is 2. The molecule has 1 fully saturated rings. The highest BCUT2D eigenvalue weighted by atomic mass is 35.5. The molecule has 1 unspecified atom stereocenters. The molecule has 6 nitrogen and oxygen atoms in total. The monoisotopic (exact) mass is 375 g/mol. The number of methoxy groups -OCH3 is 1. The van der Waals surface area contributed by atoms with Crippen LogP contribution in [0.4, 0.5) is 11.6 Å². The van der Waals surface area contributed by atoms with Gasteiger partial charge in [-0.05, 0) is 31.0 Å². The fourth-order valence-electron chi connectivity index (χ4n) is 3.27. The second-order valence-electron chi connectivity index (χ2n) is 6.81. The second-order valence-corrected chi connectivity index (χ2v) is 7.19. The van der Waals surface area contributed by atoms with Gasteiger partial charge in [-0.25, -0.2) is 9.97 Å². The van der Waals surface area contributed by atoms with Crippen LogP contribution in [0.3, 0.4) is 0 Å². The van der Waals surface area contributed by atoms with Gasteiger partial charge in [0, 0.05) is 39.3 Å². The Morgan fingerprint density at radius 1 is 1.35 bits per heavy atom. The van der Waals surface area contributed by atoms with Crippen LogP contribution in [0.5, 0.6) is 5.75 Å². The van der Waals surface area contributed by atoms with Crippen molar-refractivity contribution in [2.24, 2.45) is 0 Å². The second kappa shape index (κ2) is 8.56. The number of rotatable bonds is 6. The molecule has 3 rings (SSSR count). The molecule has 1 N–H and O–H groups in total. The van der Waals surface area contributed by atoms with Crippen LogP contribution >= 0.6 is 11.6 Å². The molecule has 1 aromatic carbocycles. The van der Waals surface area contributed by atoms with Crippen LogP contribution in [0, 0.1) is 0 Å². The number of halogens is 1. The number of likely N-dealkylation sites (tertiary alicyclic amines) is 1. The molecule has 7 heteroatoms. The summed E-state index contributed by atoms with van der Waals surface area (Å²) in [5, 5.41) is 4.26. The third-order valence-corrected chi connectivity index (χ3v) is 5.05. The minimum absolute atomic E-state index is 0.359. The summed E-state index contributed by atoms with van der Waals surface area (Å²) in [5.74, 6) is 2.50. The quantitative estimate of drug-likeness (QED) is 0.836. The van der Waals surface area contributed by atoms with Crippen LogP contribution in [-0.2, 0) is 6.54 Å². The largest absolute Gasteiger partial charge is 0.495 e. The van der Waals surface area contributed by atoms with Crippen molar-refractivity contribution in [3.05, 3.63) is 41.2 Å². The molecule has 1 aliphatic heterocycles. The Bertz CT molecular complexity index is 740. The smallest absolute Gasteiger partial charge is 0.137 e. The SMILES string of the molecule is COc1cccc(CN2CCCC(Nc3cc(N(C)C)ncn3)C2)c1Cl. The molecule has 1 saturated heterocycles. The molecular formula is C19H26ClN5O. The van der Waals surface area contributed by atoms with E-state index in [9.17, 15) is 0 Å². The van der Waals surface area contributed by atoms with Crippen molar-refractivity contribution in [1.82, 2.24) is 14.9 Å². The van der Waals surface area contributed by atoms with E-state index in [1.165, 1.54) is 0 Å². The van der Waals surface area contributed by atoms with Gasteiger partial charge in [0.05, 0.1) is 12.1 Å². The highest BCUT2D eigenvalue weighted by Gasteiger charge is 2.21. The summed E-state index contributed by atoms with van der Waals surface area (Å²) in [6, 6.07) is 8.29. The van der Waals surface area contributed by atoms with Crippen LogP contribution in [0.15, 0.2) is 30.6 Å². The van der Waals surface area contributed by atoms with Crippen molar-refractivity contribution in [3.8, 4) is 5.75 Å². The van der Waals surface area contributed by atoms with Crippen molar-refractivity contribution in [2.75, 3.05) is 44.5 Å². The van der Waals surface area contributed by atoms with Crippen molar-refractivity contribution in [1.29, 1.82) is 0 Å². The van der Waals surface area contributed by atoms with E-state index < -0.39 is 0 Å². The van der Waals surface area contributed by atoms with E-state index in [4.69, 9.17) is 16.3 Å². The third kappa shape index (κ3) is 4.56. The number of ether oxygens (including phenoxy) is 1. The third-order valence-electron chi connectivity index (χ3n) is 4.63. The summed E-state index contributed by atoms with van der Waals surface area (Å²) in [4.78, 5) is 13.0. The van der Waals surface area contributed by atoms with Crippen molar-refractivity contribution >= 4 is 23.2 Å². The highest BCUT2D eigenvalue weighted by Crippen LogP contribution is 2.29. The van der Waals surface area contributed by atoms with E-state index in [1.54, 1.807) is 13.4 Å². The molecule has 2 heterocycles. The fraction of sp³-hybridized carbons (Fsp3) is 0.474. The molecule has 26 heavy (non-hydrogen) atoms. The van der Waals surface area contributed by atoms with Gasteiger partial charge in [-0.3, -0.25) is 4.90 Å². The first-order chi connectivity index (χ1) is 12.6.